The van der Waals surface area contributed by atoms with E-state index in [1.807, 2.05) is 0 Å². The fourth-order valence-electron chi connectivity index (χ4n) is 3.50. The van der Waals surface area contributed by atoms with Gasteiger partial charge in [-0.2, -0.15) is 30.6 Å². The number of carboxylic acids is 2. The normalized spacial score (nSPS) is 25.4. The molecule has 1 aliphatic carbocycles. The molecule has 0 aromatic rings. The summed E-state index contributed by atoms with van der Waals surface area (Å²) in [4.78, 5) is 20.5. The highest BCUT2D eigenvalue weighted by atomic mass is 32.2. The number of alkyl halides is 3. The molecule has 2 rings (SSSR count). The summed E-state index contributed by atoms with van der Waals surface area (Å²) in [5.74, 6) is -4.64. The molecular formula is C15H28BF3N4O8S. The van der Waals surface area contributed by atoms with Crippen molar-refractivity contribution in [3.05, 3.63) is 0 Å². The summed E-state index contributed by atoms with van der Waals surface area (Å²) in [6.45, 7) is -0.171. The molecular weight excluding hydrogens is 464 g/mol. The van der Waals surface area contributed by atoms with Crippen LogP contribution in [0.15, 0.2) is 0 Å². The highest BCUT2D eigenvalue weighted by Gasteiger charge is 2.53. The van der Waals surface area contributed by atoms with Crippen LogP contribution in [0.4, 0.5) is 13.2 Å². The van der Waals surface area contributed by atoms with Crippen molar-refractivity contribution in [2.45, 2.75) is 55.7 Å². The van der Waals surface area contributed by atoms with Crippen LogP contribution in [-0.4, -0.2) is 88.9 Å². The van der Waals surface area contributed by atoms with Crippen molar-refractivity contribution >= 4 is 29.3 Å². The molecule has 1 saturated heterocycles. The predicted octanol–water partition coefficient (Wildman–Crippen LogP) is -1.70. The van der Waals surface area contributed by atoms with Gasteiger partial charge in [-0.05, 0) is 32.0 Å². The van der Waals surface area contributed by atoms with E-state index in [4.69, 9.17) is 31.4 Å². The molecule has 1 saturated carbocycles. The second-order valence-electron chi connectivity index (χ2n) is 7.99. The monoisotopic (exact) mass is 492 g/mol. The van der Waals surface area contributed by atoms with Gasteiger partial charge in [0, 0.05) is 31.1 Å². The first kappa shape index (κ1) is 28.5. The van der Waals surface area contributed by atoms with Crippen LogP contribution in [0.25, 0.3) is 0 Å². The van der Waals surface area contributed by atoms with Crippen LogP contribution in [-0.2, 0) is 19.8 Å². The molecule has 0 radical (unpaired) electrons. The molecule has 1 aliphatic heterocycles. The lowest BCUT2D eigenvalue weighted by Gasteiger charge is -2.42. The summed E-state index contributed by atoms with van der Waals surface area (Å²) >= 11 is 0. The van der Waals surface area contributed by atoms with Crippen LogP contribution in [0.3, 0.4) is 0 Å². The molecule has 17 heteroatoms. The first-order chi connectivity index (χ1) is 14.5. The van der Waals surface area contributed by atoms with Crippen LogP contribution >= 0.6 is 0 Å². The molecule has 2 fully saturated rings. The summed E-state index contributed by atoms with van der Waals surface area (Å²) in [6.07, 6.45) is -2.19. The maximum atomic E-state index is 12.7. The summed E-state index contributed by atoms with van der Waals surface area (Å²) in [5, 5.41) is 34.4. The molecule has 2 aliphatic rings. The number of halogens is 3. The quantitative estimate of drug-likeness (QED) is 0.181. The Balaban J connectivity index is 0.000000633. The Bertz CT molecular complexity index is 776. The topological polar surface area (TPSA) is 217 Å². The minimum absolute atomic E-state index is 0.0275. The van der Waals surface area contributed by atoms with Gasteiger partial charge in [0.15, 0.2) is 0 Å². The maximum Gasteiger partial charge on any atom is 0.490 e. The van der Waals surface area contributed by atoms with Crippen molar-refractivity contribution < 1.29 is 51.4 Å². The van der Waals surface area contributed by atoms with E-state index in [2.05, 4.69) is 4.72 Å². The third-order valence-electron chi connectivity index (χ3n) is 5.63. The van der Waals surface area contributed by atoms with Gasteiger partial charge in [-0.25, -0.2) is 4.79 Å². The second-order valence-corrected chi connectivity index (χ2v) is 9.67. The van der Waals surface area contributed by atoms with E-state index in [1.165, 1.54) is 0 Å². The maximum absolute atomic E-state index is 12.7. The summed E-state index contributed by atoms with van der Waals surface area (Å²) in [7, 11) is -5.39. The van der Waals surface area contributed by atoms with E-state index < -0.39 is 52.4 Å². The van der Waals surface area contributed by atoms with Crippen LogP contribution < -0.4 is 16.2 Å². The standard InChI is InChI=1S/C13H27BN4O6S.C2HF3O2/c15-8-12(4-2-5-12)17-25(23,24)18-7-10(3-1-6-14(21)22)13(16,9-18)11(19)20;3-2(4,5)1(6)7/h10,17,21-22H,1-9,15-16H2,(H,19,20);(H,6,7)/t10-,13-;/m1./s1. The van der Waals surface area contributed by atoms with Gasteiger partial charge in [0.1, 0.15) is 5.54 Å². The van der Waals surface area contributed by atoms with Gasteiger partial charge >= 0.3 is 25.2 Å². The van der Waals surface area contributed by atoms with Crippen LogP contribution in [0, 0.1) is 5.92 Å². The number of hydrogen-bond acceptors (Lipinski definition) is 8. The van der Waals surface area contributed by atoms with E-state index in [0.717, 1.165) is 10.7 Å². The van der Waals surface area contributed by atoms with Crippen molar-refractivity contribution in [2.75, 3.05) is 19.6 Å². The SMILES string of the molecule is NCC1(NS(=O)(=O)N2C[C@@H](CCCB(O)O)[C@@](N)(C(=O)O)C2)CCC1.O=C(O)C(F)(F)F. The molecule has 9 N–H and O–H groups in total. The summed E-state index contributed by atoms with van der Waals surface area (Å²) in [5.41, 5.74) is 9.34. The number of nitrogens with zero attached hydrogens (tertiary/aromatic N) is 1. The average molecular weight is 492 g/mol. The Labute approximate surface area is 183 Å². The van der Waals surface area contributed by atoms with Gasteiger partial charge in [-0.15, -0.1) is 0 Å². The van der Waals surface area contributed by atoms with Gasteiger partial charge in [0.05, 0.1) is 0 Å². The van der Waals surface area contributed by atoms with Gasteiger partial charge in [0.2, 0.25) is 0 Å². The number of nitrogens with two attached hydrogens (primary N) is 2. The molecule has 2 atom stereocenters. The third kappa shape index (κ3) is 7.26. The van der Waals surface area contributed by atoms with Crippen LogP contribution in [0.5, 0.6) is 0 Å². The lowest BCUT2D eigenvalue weighted by molar-refractivity contribution is -0.192. The Hall–Kier alpha value is -1.50. The van der Waals surface area contributed by atoms with E-state index in [-0.39, 0.29) is 32.4 Å². The lowest BCUT2D eigenvalue weighted by atomic mass is 9.78. The predicted molar refractivity (Wildman–Crippen MR) is 105 cm³/mol. The zero-order valence-electron chi connectivity index (χ0n) is 17.1. The Morgan fingerprint density at radius 2 is 1.75 bits per heavy atom. The zero-order chi connectivity index (χ0) is 25.0. The number of nitrogens with one attached hydrogen (secondary N) is 1. The van der Waals surface area contributed by atoms with Crippen molar-refractivity contribution in [3.8, 4) is 0 Å². The van der Waals surface area contributed by atoms with E-state index >= 15 is 0 Å². The highest BCUT2D eigenvalue weighted by Crippen LogP contribution is 2.35. The van der Waals surface area contributed by atoms with Crippen LogP contribution in [0.2, 0.25) is 6.32 Å². The molecule has 0 amide bonds. The Kier molecular flexibility index (Phi) is 9.47. The van der Waals surface area contributed by atoms with Crippen molar-refractivity contribution in [1.82, 2.24) is 9.03 Å². The number of hydrogen-bond donors (Lipinski definition) is 7. The Morgan fingerprint density at radius 1 is 1.22 bits per heavy atom. The lowest BCUT2D eigenvalue weighted by Crippen LogP contribution is -2.61. The molecule has 0 aromatic carbocycles. The van der Waals surface area contributed by atoms with E-state index in [1.54, 1.807) is 0 Å². The summed E-state index contributed by atoms with van der Waals surface area (Å²) < 4.78 is 60.8. The molecule has 32 heavy (non-hydrogen) atoms. The minimum Gasteiger partial charge on any atom is -0.480 e. The fraction of sp³-hybridized carbons (Fsp3) is 0.867. The molecule has 12 nitrogen and oxygen atoms in total. The fourth-order valence-corrected chi connectivity index (χ4v) is 5.23. The second kappa shape index (κ2) is 10.6. The van der Waals surface area contributed by atoms with Gasteiger partial charge in [0.25, 0.3) is 10.2 Å². The molecule has 0 bridgehead atoms. The van der Waals surface area contributed by atoms with Gasteiger partial charge in [-0.1, -0.05) is 6.42 Å². The van der Waals surface area contributed by atoms with Crippen LogP contribution in [0.1, 0.15) is 32.1 Å². The first-order valence-electron chi connectivity index (χ1n) is 9.67. The molecule has 0 aromatic heterocycles. The first-order valence-corrected chi connectivity index (χ1v) is 11.1. The smallest absolute Gasteiger partial charge is 0.480 e. The minimum atomic E-state index is -5.08. The average Bonchev–Trinajstić information content (AvgIpc) is 2.97. The molecule has 0 unspecified atom stereocenters. The van der Waals surface area contributed by atoms with Crippen molar-refractivity contribution in [1.29, 1.82) is 0 Å². The number of carboxylic acid groups (broad SMARTS) is 2. The van der Waals surface area contributed by atoms with E-state index in [0.29, 0.717) is 19.3 Å². The third-order valence-corrected chi connectivity index (χ3v) is 7.28. The number of carbonyl (C=O) groups is 2. The van der Waals surface area contributed by atoms with Crippen molar-refractivity contribution in [3.63, 3.8) is 0 Å². The van der Waals surface area contributed by atoms with Gasteiger partial charge in [-0.3, -0.25) is 4.79 Å². The molecule has 1 heterocycles. The molecule has 186 valence electrons. The van der Waals surface area contributed by atoms with Crippen molar-refractivity contribution in [2.24, 2.45) is 17.4 Å². The van der Waals surface area contributed by atoms with Gasteiger partial charge < -0.3 is 31.7 Å². The number of aliphatic carboxylic acids is 2. The zero-order valence-corrected chi connectivity index (χ0v) is 17.9. The van der Waals surface area contributed by atoms with E-state index in [9.17, 15) is 31.5 Å². The molecule has 0 spiro atoms. The summed E-state index contributed by atoms with van der Waals surface area (Å²) in [6, 6.07) is 0. The number of rotatable bonds is 9. The largest absolute Gasteiger partial charge is 0.490 e. The Morgan fingerprint density at radius 3 is 2.09 bits per heavy atom. The highest BCUT2D eigenvalue weighted by molar-refractivity contribution is 7.87.